The lowest BCUT2D eigenvalue weighted by atomic mass is 10.0. The smallest absolute Gasteiger partial charge is 0.169 e. The molecule has 1 unspecified atom stereocenters. The zero-order valence-electron chi connectivity index (χ0n) is 9.66. The number of rotatable bonds is 4. The van der Waals surface area contributed by atoms with Gasteiger partial charge in [0.2, 0.25) is 0 Å². The molecule has 0 radical (unpaired) electrons. The molecule has 1 aromatic heterocycles. The highest BCUT2D eigenvalue weighted by Gasteiger charge is 2.50. The van der Waals surface area contributed by atoms with Gasteiger partial charge >= 0.3 is 0 Å². The Morgan fingerprint density at radius 3 is 2.87 bits per heavy atom. The fourth-order valence-corrected chi connectivity index (χ4v) is 1.96. The summed E-state index contributed by atoms with van der Waals surface area (Å²) in [4.78, 5) is 12.0. The Hall–Kier alpha value is -1.12. The van der Waals surface area contributed by atoms with E-state index >= 15 is 0 Å². The fourth-order valence-electron chi connectivity index (χ4n) is 1.96. The minimum atomic E-state index is 0.212. The van der Waals surface area contributed by atoms with Crippen LogP contribution in [0.15, 0.2) is 12.4 Å². The number of aromatic nitrogens is 2. The van der Waals surface area contributed by atoms with Crippen molar-refractivity contribution in [3.8, 4) is 0 Å². The van der Waals surface area contributed by atoms with Gasteiger partial charge in [-0.1, -0.05) is 20.8 Å². The summed E-state index contributed by atoms with van der Waals surface area (Å²) < 4.78 is 1.85. The molecular formula is C12H18N2O. The Kier molecular flexibility index (Phi) is 2.41. The number of Topliss-reactive ketones (excluding diaryl/α,β-unsaturated/α-hetero) is 1. The molecule has 3 heteroatoms. The molecule has 1 aliphatic carbocycles. The average molecular weight is 206 g/mol. The molecule has 0 N–H and O–H groups in total. The molecule has 1 heterocycles. The number of hydrogen-bond acceptors (Lipinski definition) is 2. The normalized spacial score (nSPS) is 22.7. The summed E-state index contributed by atoms with van der Waals surface area (Å²) in [5.74, 6) is 0.485. The first-order valence-electron chi connectivity index (χ1n) is 5.61. The summed E-state index contributed by atoms with van der Waals surface area (Å²) in [6, 6.07) is 0. The van der Waals surface area contributed by atoms with Crippen molar-refractivity contribution >= 4 is 5.78 Å². The number of carbonyl (C=O) groups excluding carboxylic acids is 1. The molecular weight excluding hydrogens is 188 g/mol. The van der Waals surface area contributed by atoms with Gasteiger partial charge in [0.15, 0.2) is 5.78 Å². The van der Waals surface area contributed by atoms with Crippen LogP contribution in [0.2, 0.25) is 0 Å². The molecule has 1 fully saturated rings. The van der Waals surface area contributed by atoms with Crippen molar-refractivity contribution in [2.24, 2.45) is 11.3 Å². The Bertz CT molecular complexity index is 379. The number of carbonyl (C=O) groups is 1. The van der Waals surface area contributed by atoms with Crippen LogP contribution in [0.25, 0.3) is 0 Å². The maximum Gasteiger partial charge on any atom is 0.169 e. The topological polar surface area (TPSA) is 34.9 Å². The largest absolute Gasteiger partial charge is 0.294 e. The second kappa shape index (κ2) is 3.47. The fraction of sp³-hybridized carbons (Fsp3) is 0.667. The first kappa shape index (κ1) is 10.4. The molecule has 3 nitrogen and oxygen atoms in total. The third-order valence-corrected chi connectivity index (χ3v) is 3.20. The lowest BCUT2D eigenvalue weighted by Gasteiger charge is -1.99. The third kappa shape index (κ3) is 1.96. The summed E-state index contributed by atoms with van der Waals surface area (Å²) in [5, 5.41) is 4.18. The molecule has 1 saturated carbocycles. The van der Waals surface area contributed by atoms with Crippen LogP contribution in [0.1, 0.15) is 44.0 Å². The van der Waals surface area contributed by atoms with E-state index in [0.29, 0.717) is 0 Å². The second-order valence-corrected chi connectivity index (χ2v) is 5.10. The molecule has 0 spiro atoms. The zero-order chi connectivity index (χ0) is 11.1. The van der Waals surface area contributed by atoms with Crippen LogP contribution in [0.4, 0.5) is 0 Å². The summed E-state index contributed by atoms with van der Waals surface area (Å²) in [6.07, 6.45) is 5.64. The second-order valence-electron chi connectivity index (χ2n) is 5.10. The van der Waals surface area contributed by atoms with Gasteiger partial charge in [0.05, 0.1) is 11.8 Å². The van der Waals surface area contributed by atoms with Gasteiger partial charge in [-0.2, -0.15) is 5.10 Å². The van der Waals surface area contributed by atoms with Crippen LogP contribution < -0.4 is 0 Å². The average Bonchev–Trinajstić information content (AvgIpc) is 2.64. The highest BCUT2D eigenvalue weighted by atomic mass is 16.1. The quantitative estimate of drug-likeness (QED) is 0.709. The highest BCUT2D eigenvalue weighted by molar-refractivity contribution is 5.99. The Labute approximate surface area is 90.5 Å². The van der Waals surface area contributed by atoms with Crippen molar-refractivity contribution < 1.29 is 4.79 Å². The standard InChI is InChI=1S/C12H18N2O/c1-4-5-14-8-9(7-13-14)11(15)10-6-12(10,2)3/h7-8,10H,4-6H2,1-3H3. The molecule has 1 aliphatic rings. The molecule has 0 aliphatic heterocycles. The Balaban J connectivity index is 2.07. The minimum absolute atomic E-state index is 0.212. The van der Waals surface area contributed by atoms with Crippen molar-refractivity contribution in [2.75, 3.05) is 0 Å². The first-order chi connectivity index (χ1) is 7.04. The highest BCUT2D eigenvalue weighted by Crippen LogP contribution is 2.53. The Morgan fingerprint density at radius 2 is 2.33 bits per heavy atom. The molecule has 15 heavy (non-hydrogen) atoms. The molecule has 0 saturated heterocycles. The maximum atomic E-state index is 12.0. The van der Waals surface area contributed by atoms with Crippen LogP contribution >= 0.6 is 0 Å². The Morgan fingerprint density at radius 1 is 1.67 bits per heavy atom. The van der Waals surface area contributed by atoms with Crippen molar-refractivity contribution in [1.29, 1.82) is 0 Å². The van der Waals surface area contributed by atoms with E-state index in [1.807, 2.05) is 10.9 Å². The van der Waals surface area contributed by atoms with E-state index < -0.39 is 0 Å². The van der Waals surface area contributed by atoms with Gasteiger partial charge in [-0.25, -0.2) is 0 Å². The monoisotopic (exact) mass is 206 g/mol. The van der Waals surface area contributed by atoms with Crippen LogP contribution in [0.5, 0.6) is 0 Å². The SMILES string of the molecule is CCCn1cc(C(=O)C2CC2(C)C)cn1. The molecule has 82 valence electrons. The van der Waals surface area contributed by atoms with E-state index in [1.165, 1.54) is 0 Å². The summed E-state index contributed by atoms with van der Waals surface area (Å²) in [6.45, 7) is 7.28. The molecule has 1 atom stereocenters. The molecule has 0 bridgehead atoms. The van der Waals surface area contributed by atoms with Gasteiger partial charge in [0, 0.05) is 18.7 Å². The van der Waals surface area contributed by atoms with Crippen molar-refractivity contribution in [1.82, 2.24) is 9.78 Å². The van der Waals surface area contributed by atoms with Crippen LogP contribution in [0, 0.1) is 11.3 Å². The lowest BCUT2D eigenvalue weighted by molar-refractivity contribution is 0.0953. The third-order valence-electron chi connectivity index (χ3n) is 3.20. The summed E-state index contributed by atoms with van der Waals surface area (Å²) in [7, 11) is 0. The van der Waals surface area contributed by atoms with Crippen molar-refractivity contribution in [3.63, 3.8) is 0 Å². The number of nitrogens with zero attached hydrogens (tertiary/aromatic N) is 2. The first-order valence-corrected chi connectivity index (χ1v) is 5.61. The minimum Gasteiger partial charge on any atom is -0.294 e. The van der Waals surface area contributed by atoms with Gasteiger partial charge < -0.3 is 0 Å². The van der Waals surface area contributed by atoms with E-state index in [9.17, 15) is 4.79 Å². The number of hydrogen-bond donors (Lipinski definition) is 0. The maximum absolute atomic E-state index is 12.0. The zero-order valence-corrected chi connectivity index (χ0v) is 9.66. The van der Waals surface area contributed by atoms with E-state index in [0.717, 1.165) is 24.9 Å². The summed E-state index contributed by atoms with van der Waals surface area (Å²) >= 11 is 0. The molecule has 0 amide bonds. The van der Waals surface area contributed by atoms with Crippen LogP contribution in [0.3, 0.4) is 0 Å². The van der Waals surface area contributed by atoms with E-state index in [4.69, 9.17) is 0 Å². The lowest BCUT2D eigenvalue weighted by Crippen LogP contribution is -2.05. The van der Waals surface area contributed by atoms with Gasteiger partial charge in [-0.15, -0.1) is 0 Å². The predicted octanol–water partition coefficient (Wildman–Crippen LogP) is 2.52. The summed E-state index contributed by atoms with van der Waals surface area (Å²) in [5.41, 5.74) is 0.989. The van der Waals surface area contributed by atoms with E-state index in [-0.39, 0.29) is 17.1 Å². The molecule has 2 rings (SSSR count). The van der Waals surface area contributed by atoms with Crippen LogP contribution in [-0.4, -0.2) is 15.6 Å². The van der Waals surface area contributed by atoms with Gasteiger partial charge in [0.1, 0.15) is 0 Å². The van der Waals surface area contributed by atoms with Gasteiger partial charge in [-0.3, -0.25) is 9.48 Å². The molecule has 0 aromatic carbocycles. The predicted molar refractivity (Wildman–Crippen MR) is 58.7 cm³/mol. The number of aryl methyl sites for hydroxylation is 1. The van der Waals surface area contributed by atoms with Gasteiger partial charge in [0.25, 0.3) is 0 Å². The van der Waals surface area contributed by atoms with E-state index in [1.54, 1.807) is 6.20 Å². The number of ketones is 1. The molecule has 1 aromatic rings. The van der Waals surface area contributed by atoms with Crippen LogP contribution in [-0.2, 0) is 6.54 Å². The van der Waals surface area contributed by atoms with E-state index in [2.05, 4.69) is 25.9 Å². The van der Waals surface area contributed by atoms with Crippen molar-refractivity contribution in [2.45, 2.75) is 40.2 Å². The van der Waals surface area contributed by atoms with Gasteiger partial charge in [-0.05, 0) is 18.3 Å². The van der Waals surface area contributed by atoms with Crippen molar-refractivity contribution in [3.05, 3.63) is 18.0 Å².